The largest absolute Gasteiger partial charge is 0.384 e. The SMILES string of the molecule is C1=Cc2ccccc2NCC1.[B]. The van der Waals surface area contributed by atoms with Crippen molar-refractivity contribution in [1.82, 2.24) is 0 Å². The molecular weight excluding hydrogens is 145 g/mol. The van der Waals surface area contributed by atoms with Crippen LogP contribution in [0, 0.1) is 0 Å². The van der Waals surface area contributed by atoms with Gasteiger partial charge in [0.05, 0.1) is 0 Å². The molecule has 1 heterocycles. The van der Waals surface area contributed by atoms with E-state index in [9.17, 15) is 0 Å². The summed E-state index contributed by atoms with van der Waals surface area (Å²) < 4.78 is 0. The molecule has 0 bridgehead atoms. The fourth-order valence-corrected chi connectivity index (χ4v) is 1.30. The molecule has 12 heavy (non-hydrogen) atoms. The molecule has 2 rings (SSSR count). The van der Waals surface area contributed by atoms with Crippen LogP contribution in [0.15, 0.2) is 30.3 Å². The maximum Gasteiger partial charge on any atom is 0.0413 e. The van der Waals surface area contributed by atoms with Crippen LogP contribution in [0.1, 0.15) is 12.0 Å². The molecule has 1 N–H and O–H groups in total. The van der Waals surface area contributed by atoms with Gasteiger partial charge in [0.1, 0.15) is 0 Å². The molecular formula is C10H11BN. The predicted molar refractivity (Wildman–Crippen MR) is 54.3 cm³/mol. The monoisotopic (exact) mass is 156 g/mol. The Morgan fingerprint density at radius 1 is 1.17 bits per heavy atom. The third-order valence-corrected chi connectivity index (χ3v) is 1.88. The van der Waals surface area contributed by atoms with E-state index in [1.165, 1.54) is 11.3 Å². The van der Waals surface area contributed by atoms with Gasteiger partial charge in [-0.05, 0) is 18.1 Å². The molecule has 1 aromatic carbocycles. The topological polar surface area (TPSA) is 12.0 Å². The summed E-state index contributed by atoms with van der Waals surface area (Å²) in [6.45, 7) is 1.05. The number of anilines is 1. The Labute approximate surface area is 75.1 Å². The van der Waals surface area contributed by atoms with Gasteiger partial charge in [-0.1, -0.05) is 30.4 Å². The van der Waals surface area contributed by atoms with Crippen molar-refractivity contribution >= 4 is 20.2 Å². The van der Waals surface area contributed by atoms with Crippen molar-refractivity contribution in [3.8, 4) is 0 Å². The van der Waals surface area contributed by atoms with Gasteiger partial charge in [-0.25, -0.2) is 0 Å². The molecule has 0 aromatic heterocycles. The first-order chi connectivity index (χ1) is 5.47. The van der Waals surface area contributed by atoms with Gasteiger partial charge in [0.2, 0.25) is 0 Å². The zero-order chi connectivity index (χ0) is 7.52. The summed E-state index contributed by atoms with van der Waals surface area (Å²) >= 11 is 0. The lowest BCUT2D eigenvalue weighted by molar-refractivity contribution is 1.08. The van der Waals surface area contributed by atoms with Gasteiger partial charge in [0, 0.05) is 20.6 Å². The molecule has 1 aliphatic heterocycles. The van der Waals surface area contributed by atoms with E-state index in [-0.39, 0.29) is 8.41 Å². The Bertz CT molecular complexity index is 281. The predicted octanol–water partition coefficient (Wildman–Crippen LogP) is 2.13. The lowest BCUT2D eigenvalue weighted by atomic mass is 10.2. The summed E-state index contributed by atoms with van der Waals surface area (Å²) in [7, 11) is 0. The summed E-state index contributed by atoms with van der Waals surface area (Å²) in [5.74, 6) is 0. The van der Waals surface area contributed by atoms with Gasteiger partial charge in [-0.15, -0.1) is 0 Å². The highest BCUT2D eigenvalue weighted by Crippen LogP contribution is 2.18. The number of rotatable bonds is 0. The molecule has 1 aliphatic rings. The molecule has 0 unspecified atom stereocenters. The fraction of sp³-hybridized carbons (Fsp3) is 0.200. The number of benzene rings is 1. The Hall–Kier alpha value is -1.18. The summed E-state index contributed by atoms with van der Waals surface area (Å²) in [5, 5.41) is 3.36. The third kappa shape index (κ3) is 1.70. The Morgan fingerprint density at radius 3 is 2.92 bits per heavy atom. The summed E-state index contributed by atoms with van der Waals surface area (Å²) in [4.78, 5) is 0. The van der Waals surface area contributed by atoms with Crippen LogP contribution in [0.3, 0.4) is 0 Å². The summed E-state index contributed by atoms with van der Waals surface area (Å²) in [6.07, 6.45) is 5.50. The standard InChI is InChI=1S/C10H11N.B/c1-2-7-10-9(5-1)6-3-4-8-11-10;/h1-3,5-7,11H,4,8H2;. The van der Waals surface area contributed by atoms with Crippen molar-refractivity contribution in [2.75, 3.05) is 11.9 Å². The zero-order valence-electron chi connectivity index (χ0n) is 6.96. The van der Waals surface area contributed by atoms with E-state index in [0.29, 0.717) is 0 Å². The number of fused-ring (bicyclic) bond motifs is 1. The van der Waals surface area contributed by atoms with Crippen molar-refractivity contribution in [2.24, 2.45) is 0 Å². The van der Waals surface area contributed by atoms with E-state index in [0.717, 1.165) is 13.0 Å². The van der Waals surface area contributed by atoms with Crippen LogP contribution in [-0.4, -0.2) is 15.0 Å². The molecule has 0 amide bonds. The van der Waals surface area contributed by atoms with Gasteiger partial charge >= 0.3 is 0 Å². The van der Waals surface area contributed by atoms with Crippen LogP contribution in [0.5, 0.6) is 0 Å². The van der Waals surface area contributed by atoms with Crippen molar-refractivity contribution < 1.29 is 0 Å². The molecule has 0 saturated heterocycles. The second kappa shape index (κ2) is 4.00. The number of nitrogens with one attached hydrogen (secondary N) is 1. The van der Waals surface area contributed by atoms with Gasteiger partial charge in [-0.2, -0.15) is 0 Å². The number of hydrogen-bond donors (Lipinski definition) is 1. The maximum atomic E-state index is 3.36. The Kier molecular flexibility index (Phi) is 2.97. The average Bonchev–Trinajstić information content (AvgIpc) is 2.28. The van der Waals surface area contributed by atoms with Crippen LogP contribution in [0.2, 0.25) is 0 Å². The minimum atomic E-state index is 0. The molecule has 3 radical (unpaired) electrons. The minimum Gasteiger partial charge on any atom is -0.384 e. The first-order valence-corrected chi connectivity index (χ1v) is 3.96. The number of hydrogen-bond acceptors (Lipinski definition) is 1. The van der Waals surface area contributed by atoms with E-state index in [4.69, 9.17) is 0 Å². The first-order valence-electron chi connectivity index (χ1n) is 3.96. The van der Waals surface area contributed by atoms with E-state index in [2.05, 4.69) is 41.7 Å². The lowest BCUT2D eigenvalue weighted by Gasteiger charge is -2.04. The highest BCUT2D eigenvalue weighted by molar-refractivity contribution is 5.75. The Balaban J connectivity index is 0.000000720. The molecule has 0 saturated carbocycles. The quantitative estimate of drug-likeness (QED) is 0.567. The van der Waals surface area contributed by atoms with Crippen LogP contribution >= 0.6 is 0 Å². The smallest absolute Gasteiger partial charge is 0.0413 e. The highest BCUT2D eigenvalue weighted by Gasteiger charge is 1.98. The lowest BCUT2D eigenvalue weighted by Crippen LogP contribution is -1.98. The molecule has 0 spiro atoms. The van der Waals surface area contributed by atoms with E-state index < -0.39 is 0 Å². The van der Waals surface area contributed by atoms with Crippen molar-refractivity contribution in [3.05, 3.63) is 35.9 Å². The third-order valence-electron chi connectivity index (χ3n) is 1.88. The molecule has 2 heteroatoms. The second-order valence-electron chi connectivity index (χ2n) is 2.71. The second-order valence-corrected chi connectivity index (χ2v) is 2.71. The van der Waals surface area contributed by atoms with Gasteiger partial charge in [-0.3, -0.25) is 0 Å². The van der Waals surface area contributed by atoms with Crippen molar-refractivity contribution in [1.29, 1.82) is 0 Å². The number of para-hydroxylation sites is 1. The van der Waals surface area contributed by atoms with Gasteiger partial charge < -0.3 is 5.32 Å². The normalized spacial score (nSPS) is 13.7. The van der Waals surface area contributed by atoms with Gasteiger partial charge in [0.25, 0.3) is 0 Å². The van der Waals surface area contributed by atoms with E-state index >= 15 is 0 Å². The van der Waals surface area contributed by atoms with Crippen LogP contribution in [0.25, 0.3) is 6.08 Å². The molecule has 0 fully saturated rings. The molecule has 59 valence electrons. The molecule has 1 aromatic rings. The van der Waals surface area contributed by atoms with Crippen LogP contribution in [-0.2, 0) is 0 Å². The van der Waals surface area contributed by atoms with Crippen molar-refractivity contribution in [3.63, 3.8) is 0 Å². The highest BCUT2D eigenvalue weighted by atomic mass is 14.9. The van der Waals surface area contributed by atoms with Gasteiger partial charge in [0.15, 0.2) is 0 Å². The fourth-order valence-electron chi connectivity index (χ4n) is 1.30. The molecule has 0 atom stereocenters. The zero-order valence-corrected chi connectivity index (χ0v) is 6.96. The minimum absolute atomic E-state index is 0. The summed E-state index contributed by atoms with van der Waals surface area (Å²) in [5.41, 5.74) is 2.55. The maximum absolute atomic E-state index is 3.36. The average molecular weight is 156 g/mol. The molecule has 1 nitrogen and oxygen atoms in total. The van der Waals surface area contributed by atoms with Crippen molar-refractivity contribution in [2.45, 2.75) is 6.42 Å². The van der Waals surface area contributed by atoms with E-state index in [1.54, 1.807) is 0 Å². The molecule has 0 aliphatic carbocycles. The first kappa shape index (κ1) is 8.92. The van der Waals surface area contributed by atoms with E-state index in [1.807, 2.05) is 0 Å². The Morgan fingerprint density at radius 2 is 2.00 bits per heavy atom. The summed E-state index contributed by atoms with van der Waals surface area (Å²) in [6, 6.07) is 8.37. The van der Waals surface area contributed by atoms with Crippen LogP contribution < -0.4 is 5.32 Å². The van der Waals surface area contributed by atoms with Crippen LogP contribution in [0.4, 0.5) is 5.69 Å².